The number of aromatic nitrogens is 1. The molecule has 0 fully saturated rings. The van der Waals surface area contributed by atoms with Gasteiger partial charge in [0.1, 0.15) is 16.6 Å². The molecule has 14 heavy (non-hydrogen) atoms. The second-order valence-corrected chi connectivity index (χ2v) is 3.80. The summed E-state index contributed by atoms with van der Waals surface area (Å²) in [5, 5.41) is 9.16. The number of halogens is 1. The molecule has 0 radical (unpaired) electrons. The molecule has 0 saturated heterocycles. The maximum Gasteiger partial charge on any atom is 0.144 e. The average molecular weight is 221 g/mol. The quantitative estimate of drug-likeness (QED) is 0.739. The maximum absolute atomic E-state index is 8.71. The van der Waals surface area contributed by atoms with Crippen LogP contribution in [0.1, 0.15) is 4.88 Å². The van der Waals surface area contributed by atoms with E-state index in [0.29, 0.717) is 15.6 Å². The van der Waals surface area contributed by atoms with Crippen molar-refractivity contribution in [1.29, 1.82) is 5.26 Å². The van der Waals surface area contributed by atoms with Crippen LogP contribution in [0.2, 0.25) is 5.02 Å². The van der Waals surface area contributed by atoms with Crippen LogP contribution in [-0.2, 0) is 0 Å². The molecule has 2 nitrogen and oxygen atoms in total. The largest absolute Gasteiger partial charge is 0.191 e. The second kappa shape index (κ2) is 3.79. The van der Waals surface area contributed by atoms with E-state index in [0.717, 1.165) is 17.1 Å². The monoisotopic (exact) mass is 220 g/mol. The highest BCUT2D eigenvalue weighted by Gasteiger charge is 2.12. The van der Waals surface area contributed by atoms with Gasteiger partial charge in [-0.05, 0) is 11.5 Å². The fourth-order valence-corrected chi connectivity index (χ4v) is 2.07. The van der Waals surface area contributed by atoms with E-state index >= 15 is 0 Å². The van der Waals surface area contributed by atoms with E-state index in [-0.39, 0.29) is 0 Å². The van der Waals surface area contributed by atoms with Crippen molar-refractivity contribution in [1.82, 2.24) is 4.37 Å². The van der Waals surface area contributed by atoms with E-state index in [4.69, 9.17) is 16.9 Å². The van der Waals surface area contributed by atoms with Crippen molar-refractivity contribution in [2.24, 2.45) is 0 Å². The van der Waals surface area contributed by atoms with Crippen molar-refractivity contribution in [3.63, 3.8) is 0 Å². The van der Waals surface area contributed by atoms with Crippen LogP contribution < -0.4 is 0 Å². The highest BCUT2D eigenvalue weighted by Crippen LogP contribution is 2.31. The van der Waals surface area contributed by atoms with Gasteiger partial charge in [-0.25, -0.2) is 0 Å². The Morgan fingerprint density at radius 3 is 2.57 bits per heavy atom. The molecule has 4 heteroatoms. The van der Waals surface area contributed by atoms with Crippen LogP contribution in [0.4, 0.5) is 0 Å². The summed E-state index contributed by atoms with van der Waals surface area (Å²) in [6.45, 7) is 0. The third-order valence-electron chi connectivity index (χ3n) is 1.78. The van der Waals surface area contributed by atoms with Gasteiger partial charge >= 0.3 is 0 Å². The minimum Gasteiger partial charge on any atom is -0.191 e. The summed E-state index contributed by atoms with van der Waals surface area (Å²) in [5.74, 6) is 0. The zero-order valence-corrected chi connectivity index (χ0v) is 8.64. The van der Waals surface area contributed by atoms with Crippen LogP contribution in [-0.4, -0.2) is 4.37 Å². The van der Waals surface area contributed by atoms with Gasteiger partial charge in [0.2, 0.25) is 0 Å². The normalized spacial score (nSPS) is 9.71. The van der Waals surface area contributed by atoms with Crippen LogP contribution in [0.25, 0.3) is 11.3 Å². The number of rotatable bonds is 1. The molecular weight excluding hydrogens is 216 g/mol. The summed E-state index contributed by atoms with van der Waals surface area (Å²) in [4.78, 5) is 0.463. The third-order valence-corrected chi connectivity index (χ3v) is 3.02. The fraction of sp³-hybridized carbons (Fsp3) is 0. The average Bonchev–Trinajstić information content (AvgIpc) is 2.61. The first kappa shape index (κ1) is 9.20. The molecule has 0 aliphatic rings. The summed E-state index contributed by atoms with van der Waals surface area (Å²) >= 11 is 7.11. The summed E-state index contributed by atoms with van der Waals surface area (Å²) in [6, 6.07) is 11.6. The van der Waals surface area contributed by atoms with Gasteiger partial charge in [0.25, 0.3) is 0 Å². The van der Waals surface area contributed by atoms with Crippen LogP contribution >= 0.6 is 23.1 Å². The number of hydrogen-bond acceptors (Lipinski definition) is 3. The van der Waals surface area contributed by atoms with E-state index in [9.17, 15) is 0 Å². The lowest BCUT2D eigenvalue weighted by Crippen LogP contribution is -1.76. The predicted molar refractivity (Wildman–Crippen MR) is 57.3 cm³/mol. The van der Waals surface area contributed by atoms with Crippen LogP contribution in [0.3, 0.4) is 0 Å². The maximum atomic E-state index is 8.71. The summed E-state index contributed by atoms with van der Waals surface area (Å²) in [7, 11) is 0. The smallest absolute Gasteiger partial charge is 0.144 e. The Balaban J connectivity index is 2.54. The van der Waals surface area contributed by atoms with E-state index in [1.54, 1.807) is 0 Å². The molecular formula is C10H5ClN2S. The van der Waals surface area contributed by atoms with Gasteiger partial charge < -0.3 is 0 Å². The lowest BCUT2D eigenvalue weighted by Gasteiger charge is -1.95. The molecule has 1 heterocycles. The highest BCUT2D eigenvalue weighted by atomic mass is 35.5. The van der Waals surface area contributed by atoms with Crippen molar-refractivity contribution in [2.75, 3.05) is 0 Å². The van der Waals surface area contributed by atoms with E-state index in [1.807, 2.05) is 36.4 Å². The molecule has 0 spiro atoms. The van der Waals surface area contributed by atoms with Gasteiger partial charge in [0.15, 0.2) is 0 Å². The SMILES string of the molecule is N#Cc1snc(-c2ccccc2)c1Cl. The van der Waals surface area contributed by atoms with Gasteiger partial charge in [-0.2, -0.15) is 9.64 Å². The van der Waals surface area contributed by atoms with Gasteiger partial charge in [0.05, 0.1) is 5.02 Å². The minimum absolute atomic E-state index is 0.448. The molecule has 0 bridgehead atoms. The van der Waals surface area contributed by atoms with Gasteiger partial charge in [-0.3, -0.25) is 0 Å². The third kappa shape index (κ3) is 1.50. The summed E-state index contributed by atoms with van der Waals surface area (Å²) < 4.78 is 4.14. The lowest BCUT2D eigenvalue weighted by molar-refractivity contribution is 1.51. The summed E-state index contributed by atoms with van der Waals surface area (Å²) in [6.07, 6.45) is 0. The first-order valence-corrected chi connectivity index (χ1v) is 5.08. The van der Waals surface area contributed by atoms with Crippen molar-refractivity contribution >= 4 is 23.1 Å². The number of nitriles is 1. The van der Waals surface area contributed by atoms with Crippen molar-refractivity contribution in [3.8, 4) is 17.3 Å². The van der Waals surface area contributed by atoms with Gasteiger partial charge in [0, 0.05) is 5.56 Å². The second-order valence-electron chi connectivity index (χ2n) is 2.65. The molecule has 68 valence electrons. The van der Waals surface area contributed by atoms with Crippen molar-refractivity contribution < 1.29 is 0 Å². The summed E-state index contributed by atoms with van der Waals surface area (Å²) in [5.41, 5.74) is 1.63. The minimum atomic E-state index is 0.448. The number of benzene rings is 1. The molecule has 0 aliphatic heterocycles. The Morgan fingerprint density at radius 1 is 1.29 bits per heavy atom. The fourth-order valence-electron chi connectivity index (χ4n) is 1.12. The van der Waals surface area contributed by atoms with Crippen LogP contribution in [0, 0.1) is 11.3 Å². The molecule has 0 unspecified atom stereocenters. The van der Waals surface area contributed by atoms with Crippen LogP contribution in [0.5, 0.6) is 0 Å². The van der Waals surface area contributed by atoms with E-state index in [2.05, 4.69) is 4.37 Å². The van der Waals surface area contributed by atoms with Gasteiger partial charge in [-0.15, -0.1) is 0 Å². The van der Waals surface area contributed by atoms with Crippen molar-refractivity contribution in [3.05, 3.63) is 40.2 Å². The molecule has 2 aromatic rings. The molecule has 0 atom stereocenters. The number of nitrogens with zero attached hydrogens (tertiary/aromatic N) is 2. The molecule has 0 aliphatic carbocycles. The molecule has 1 aromatic heterocycles. The Morgan fingerprint density at radius 2 is 2.00 bits per heavy atom. The van der Waals surface area contributed by atoms with E-state index in [1.165, 1.54) is 0 Å². The Bertz CT molecular complexity index is 485. The first-order valence-electron chi connectivity index (χ1n) is 3.93. The van der Waals surface area contributed by atoms with Gasteiger partial charge in [-0.1, -0.05) is 41.9 Å². The highest BCUT2D eigenvalue weighted by molar-refractivity contribution is 7.07. The Kier molecular flexibility index (Phi) is 2.49. The molecule has 2 rings (SSSR count). The molecule has 0 N–H and O–H groups in total. The Labute approximate surface area is 90.6 Å². The Hall–Kier alpha value is -1.37. The standard InChI is InChI=1S/C10H5ClN2S/c11-9-8(6-12)14-13-10(9)7-4-2-1-3-5-7/h1-5H. The predicted octanol–water partition coefficient (Wildman–Crippen LogP) is 3.34. The van der Waals surface area contributed by atoms with Crippen LogP contribution in [0.15, 0.2) is 30.3 Å². The molecule has 0 saturated carbocycles. The molecule has 1 aromatic carbocycles. The van der Waals surface area contributed by atoms with E-state index < -0.39 is 0 Å². The molecule has 0 amide bonds. The van der Waals surface area contributed by atoms with Crippen molar-refractivity contribution in [2.45, 2.75) is 0 Å². The number of hydrogen-bond donors (Lipinski definition) is 0. The lowest BCUT2D eigenvalue weighted by atomic mass is 10.1. The zero-order valence-electron chi connectivity index (χ0n) is 7.07. The first-order chi connectivity index (χ1) is 6.83. The topological polar surface area (TPSA) is 36.7 Å². The zero-order chi connectivity index (χ0) is 9.97.